The first-order valence-corrected chi connectivity index (χ1v) is 8.07. The first-order valence-electron chi connectivity index (χ1n) is 8.07. The molecule has 1 saturated heterocycles. The van der Waals surface area contributed by atoms with Crippen molar-refractivity contribution in [2.75, 3.05) is 0 Å². The van der Waals surface area contributed by atoms with Crippen LogP contribution in [0.1, 0.15) is 44.7 Å². The summed E-state index contributed by atoms with van der Waals surface area (Å²) in [4.78, 5) is 25.9. The minimum atomic E-state index is -1.00. The predicted molar refractivity (Wildman–Crippen MR) is 90.9 cm³/mol. The van der Waals surface area contributed by atoms with Gasteiger partial charge in [0.05, 0.1) is 6.26 Å². The van der Waals surface area contributed by atoms with Crippen molar-refractivity contribution in [2.45, 2.75) is 51.7 Å². The molecule has 2 heterocycles. The molecule has 0 aliphatic carbocycles. The van der Waals surface area contributed by atoms with Crippen LogP contribution >= 0.6 is 0 Å². The summed E-state index contributed by atoms with van der Waals surface area (Å²) in [5, 5.41) is 0. The molecular formula is C20H22O4. The summed E-state index contributed by atoms with van der Waals surface area (Å²) >= 11 is 0. The summed E-state index contributed by atoms with van der Waals surface area (Å²) in [6, 6.07) is 9.40. The van der Waals surface area contributed by atoms with Gasteiger partial charge in [-0.15, -0.1) is 0 Å². The number of ether oxygens (including phenoxy) is 1. The Morgan fingerprint density at radius 2 is 1.58 bits per heavy atom. The highest BCUT2D eigenvalue weighted by atomic mass is 16.5. The Bertz CT molecular complexity index is 771. The van der Waals surface area contributed by atoms with Crippen molar-refractivity contribution in [2.24, 2.45) is 0 Å². The fourth-order valence-corrected chi connectivity index (χ4v) is 3.38. The van der Waals surface area contributed by atoms with Gasteiger partial charge in [-0.25, -0.2) is 0 Å². The van der Waals surface area contributed by atoms with Gasteiger partial charge in [-0.3, -0.25) is 9.59 Å². The number of aryl methyl sites for hydroxylation is 1. The second-order valence-corrected chi connectivity index (χ2v) is 7.33. The standard InChI is InChI=1S/C20H22O4/c1-12-8-9-13(15-7-6-10-23-15)11-14(12)16-17(21)19(2,3)24-20(4,5)18(16)22/h6-11,16H,1-5H3. The van der Waals surface area contributed by atoms with E-state index in [0.29, 0.717) is 5.76 Å². The molecule has 0 amide bonds. The maximum atomic E-state index is 12.9. The summed E-state index contributed by atoms with van der Waals surface area (Å²) in [6.07, 6.45) is 1.60. The SMILES string of the molecule is Cc1ccc(-c2ccco2)cc1C1C(=O)C(C)(C)OC(C)(C)C1=O. The van der Waals surface area contributed by atoms with Crippen LogP contribution in [0, 0.1) is 6.92 Å². The minimum Gasteiger partial charge on any atom is -0.464 e. The molecule has 1 aliphatic heterocycles. The van der Waals surface area contributed by atoms with E-state index in [2.05, 4.69) is 0 Å². The molecule has 0 saturated carbocycles. The summed E-state index contributed by atoms with van der Waals surface area (Å²) in [5.41, 5.74) is 0.474. The van der Waals surface area contributed by atoms with Crippen LogP contribution in [-0.2, 0) is 14.3 Å². The highest BCUT2D eigenvalue weighted by molar-refractivity contribution is 6.15. The Kier molecular flexibility index (Phi) is 3.76. The van der Waals surface area contributed by atoms with E-state index >= 15 is 0 Å². The van der Waals surface area contributed by atoms with E-state index in [0.717, 1.165) is 16.7 Å². The lowest BCUT2D eigenvalue weighted by molar-refractivity contribution is -0.184. The van der Waals surface area contributed by atoms with E-state index in [-0.39, 0.29) is 11.6 Å². The maximum absolute atomic E-state index is 12.9. The normalized spacial score (nSPS) is 20.4. The molecule has 0 bridgehead atoms. The zero-order valence-corrected chi connectivity index (χ0v) is 14.7. The Balaban J connectivity index is 2.14. The quantitative estimate of drug-likeness (QED) is 0.781. The van der Waals surface area contributed by atoms with Crippen LogP contribution in [-0.4, -0.2) is 22.8 Å². The van der Waals surface area contributed by atoms with Gasteiger partial charge in [-0.2, -0.15) is 0 Å². The lowest BCUT2D eigenvalue weighted by Gasteiger charge is -2.43. The van der Waals surface area contributed by atoms with Gasteiger partial charge in [0.15, 0.2) is 11.6 Å². The molecule has 1 aromatic carbocycles. The van der Waals surface area contributed by atoms with Crippen LogP contribution in [0.25, 0.3) is 11.3 Å². The summed E-state index contributed by atoms with van der Waals surface area (Å²) in [5.74, 6) is -0.515. The first-order chi connectivity index (χ1) is 11.1. The smallest absolute Gasteiger partial charge is 0.179 e. The summed E-state index contributed by atoms with van der Waals surface area (Å²) < 4.78 is 11.2. The van der Waals surface area contributed by atoms with Crippen molar-refractivity contribution >= 4 is 11.6 Å². The molecule has 0 unspecified atom stereocenters. The molecule has 24 heavy (non-hydrogen) atoms. The first kappa shape index (κ1) is 16.7. The van der Waals surface area contributed by atoms with Crippen LogP contribution in [0.15, 0.2) is 41.0 Å². The fourth-order valence-electron chi connectivity index (χ4n) is 3.38. The topological polar surface area (TPSA) is 56.5 Å². The van der Waals surface area contributed by atoms with E-state index in [9.17, 15) is 9.59 Å². The third-order valence-corrected chi connectivity index (χ3v) is 4.62. The van der Waals surface area contributed by atoms with Crippen molar-refractivity contribution < 1.29 is 18.7 Å². The highest BCUT2D eigenvalue weighted by Crippen LogP contribution is 2.40. The average Bonchev–Trinajstić information content (AvgIpc) is 3.01. The van der Waals surface area contributed by atoms with Crippen molar-refractivity contribution in [3.05, 3.63) is 47.7 Å². The van der Waals surface area contributed by atoms with E-state index in [1.165, 1.54) is 0 Å². The van der Waals surface area contributed by atoms with E-state index in [4.69, 9.17) is 9.15 Å². The molecule has 1 fully saturated rings. The summed E-state index contributed by atoms with van der Waals surface area (Å²) in [7, 11) is 0. The van der Waals surface area contributed by atoms with Crippen molar-refractivity contribution in [1.82, 2.24) is 0 Å². The van der Waals surface area contributed by atoms with E-state index in [1.807, 2.05) is 37.3 Å². The zero-order chi connectivity index (χ0) is 17.7. The van der Waals surface area contributed by atoms with E-state index < -0.39 is 17.1 Å². The van der Waals surface area contributed by atoms with Gasteiger partial charge >= 0.3 is 0 Å². The Labute approximate surface area is 141 Å². The molecule has 1 aromatic heterocycles. The highest BCUT2D eigenvalue weighted by Gasteiger charge is 2.53. The molecule has 2 aromatic rings. The number of benzene rings is 1. The van der Waals surface area contributed by atoms with Crippen molar-refractivity contribution in [3.63, 3.8) is 0 Å². The number of Topliss-reactive ketones (excluding diaryl/α,β-unsaturated/α-hetero) is 2. The molecule has 1 aliphatic rings. The van der Waals surface area contributed by atoms with Crippen LogP contribution in [0.5, 0.6) is 0 Å². The average molecular weight is 326 g/mol. The number of hydrogen-bond acceptors (Lipinski definition) is 4. The monoisotopic (exact) mass is 326 g/mol. The van der Waals surface area contributed by atoms with Crippen LogP contribution in [0.3, 0.4) is 0 Å². The van der Waals surface area contributed by atoms with E-state index in [1.54, 1.807) is 34.0 Å². The second-order valence-electron chi connectivity index (χ2n) is 7.33. The molecular weight excluding hydrogens is 304 g/mol. The molecule has 0 radical (unpaired) electrons. The van der Waals surface area contributed by atoms with Crippen LogP contribution in [0.2, 0.25) is 0 Å². The summed E-state index contributed by atoms with van der Waals surface area (Å²) in [6.45, 7) is 8.81. The van der Waals surface area contributed by atoms with Crippen LogP contribution in [0.4, 0.5) is 0 Å². The fraction of sp³-hybridized carbons (Fsp3) is 0.400. The number of rotatable bonds is 2. The lowest BCUT2D eigenvalue weighted by atomic mass is 9.74. The Morgan fingerprint density at radius 1 is 0.958 bits per heavy atom. The van der Waals surface area contributed by atoms with Crippen molar-refractivity contribution in [3.8, 4) is 11.3 Å². The van der Waals surface area contributed by atoms with Gasteiger partial charge in [0.2, 0.25) is 0 Å². The van der Waals surface area contributed by atoms with Gasteiger partial charge in [0.1, 0.15) is 22.9 Å². The predicted octanol–water partition coefficient (Wildman–Crippen LogP) is 4.06. The Morgan fingerprint density at radius 3 is 2.12 bits per heavy atom. The molecule has 3 rings (SSSR count). The third kappa shape index (κ3) is 2.61. The molecule has 0 spiro atoms. The molecule has 4 nitrogen and oxygen atoms in total. The number of furan rings is 1. The van der Waals surface area contributed by atoms with Crippen LogP contribution < -0.4 is 0 Å². The number of hydrogen-bond donors (Lipinski definition) is 0. The largest absolute Gasteiger partial charge is 0.464 e. The third-order valence-electron chi connectivity index (χ3n) is 4.62. The maximum Gasteiger partial charge on any atom is 0.179 e. The molecule has 0 atom stereocenters. The van der Waals surface area contributed by atoms with Gasteiger partial charge in [-0.1, -0.05) is 12.1 Å². The second kappa shape index (κ2) is 5.42. The minimum absolute atomic E-state index is 0.202. The zero-order valence-electron chi connectivity index (χ0n) is 14.7. The number of carbonyl (C=O) groups is 2. The van der Waals surface area contributed by atoms with Crippen molar-refractivity contribution in [1.29, 1.82) is 0 Å². The lowest BCUT2D eigenvalue weighted by Crippen LogP contribution is -2.58. The Hall–Kier alpha value is -2.20. The molecule has 0 N–H and O–H groups in total. The molecule has 4 heteroatoms. The molecule has 126 valence electrons. The van der Waals surface area contributed by atoms with Gasteiger partial charge in [-0.05, 0) is 63.9 Å². The van der Waals surface area contributed by atoms with Gasteiger partial charge in [0.25, 0.3) is 0 Å². The number of ketones is 2. The van der Waals surface area contributed by atoms with Gasteiger partial charge < -0.3 is 9.15 Å². The van der Waals surface area contributed by atoms with Gasteiger partial charge in [0, 0.05) is 5.56 Å². The number of carbonyl (C=O) groups excluding carboxylic acids is 2.